The van der Waals surface area contributed by atoms with Crippen LogP contribution in [0, 0.1) is 5.92 Å². The first-order valence-electron chi connectivity index (χ1n) is 6.04. The first-order valence-corrected chi connectivity index (χ1v) is 7.65. The van der Waals surface area contributed by atoms with Gasteiger partial charge in [0.05, 0.1) is 31.2 Å². The summed E-state index contributed by atoms with van der Waals surface area (Å²) < 4.78 is 30.2. The van der Waals surface area contributed by atoms with Crippen LogP contribution >= 0.6 is 0 Å². The number of H-pyrrole nitrogens is 1. The lowest BCUT2D eigenvalue weighted by atomic mass is 10.1. The van der Waals surface area contributed by atoms with Crippen molar-refractivity contribution >= 4 is 15.9 Å². The third kappa shape index (κ3) is 3.32. The number of hydrogen-bond donors (Lipinski definition) is 2. The quantitative estimate of drug-likeness (QED) is 0.679. The van der Waals surface area contributed by atoms with Crippen molar-refractivity contribution in [1.29, 1.82) is 0 Å². The van der Waals surface area contributed by atoms with Crippen LogP contribution in [0.2, 0.25) is 0 Å². The van der Waals surface area contributed by atoms with E-state index in [0.717, 1.165) is 0 Å². The first-order chi connectivity index (χ1) is 9.40. The zero-order valence-electron chi connectivity index (χ0n) is 11.2. The number of carbonyl (C=O) groups is 1. The molecule has 1 aliphatic rings. The fourth-order valence-corrected chi connectivity index (χ4v) is 3.06. The Morgan fingerprint density at radius 2 is 2.30 bits per heavy atom. The van der Waals surface area contributed by atoms with Gasteiger partial charge in [-0.1, -0.05) is 0 Å². The Balaban J connectivity index is 1.99. The highest BCUT2D eigenvalue weighted by molar-refractivity contribution is 7.89. The molecule has 112 valence electrons. The number of amides is 1. The van der Waals surface area contributed by atoms with Gasteiger partial charge in [0.15, 0.2) is 5.69 Å². The van der Waals surface area contributed by atoms with Crippen molar-refractivity contribution in [2.75, 3.05) is 33.1 Å². The summed E-state index contributed by atoms with van der Waals surface area (Å²) in [5.74, 6) is -0.746. The van der Waals surface area contributed by atoms with Gasteiger partial charge in [-0.3, -0.25) is 4.79 Å². The lowest BCUT2D eigenvalue weighted by molar-refractivity contribution is 0.0921. The molecule has 2 atom stereocenters. The number of hydrogen-bond acceptors (Lipinski definition) is 6. The minimum absolute atomic E-state index is 0.0657. The molecular formula is C10H17N5O4S. The Kier molecular flexibility index (Phi) is 4.35. The predicted molar refractivity (Wildman–Crippen MR) is 69.4 cm³/mol. The standard InChI is InChI=1S/C10H17N5O4S/c1-15(2)20(17,18)6-7-4-19-5-9(7)12-10(16)8-3-11-14-13-8/h3,7,9H,4-6H2,1-2H3,(H,12,16)(H,11,13,14)/t7-,9+/m0/s1. The van der Waals surface area contributed by atoms with Crippen molar-refractivity contribution < 1.29 is 17.9 Å². The fourth-order valence-electron chi connectivity index (χ4n) is 1.90. The van der Waals surface area contributed by atoms with Crippen molar-refractivity contribution in [3.05, 3.63) is 11.9 Å². The molecule has 2 rings (SSSR count). The summed E-state index contributed by atoms with van der Waals surface area (Å²) in [6.45, 7) is 0.591. The molecule has 9 nitrogen and oxygen atoms in total. The number of rotatable bonds is 5. The van der Waals surface area contributed by atoms with Gasteiger partial charge < -0.3 is 10.1 Å². The second-order valence-electron chi connectivity index (χ2n) is 4.79. The average molecular weight is 303 g/mol. The molecule has 0 unspecified atom stereocenters. The lowest BCUT2D eigenvalue weighted by Gasteiger charge is -2.20. The van der Waals surface area contributed by atoms with E-state index in [1.807, 2.05) is 0 Å². The third-order valence-corrected chi connectivity index (χ3v) is 5.11. The van der Waals surface area contributed by atoms with Crippen molar-refractivity contribution in [3.63, 3.8) is 0 Å². The lowest BCUT2D eigenvalue weighted by Crippen LogP contribution is -2.43. The Hall–Kier alpha value is -1.52. The number of ether oxygens (including phenoxy) is 1. The van der Waals surface area contributed by atoms with Gasteiger partial charge in [0, 0.05) is 20.0 Å². The number of sulfonamides is 1. The highest BCUT2D eigenvalue weighted by Gasteiger charge is 2.34. The molecular weight excluding hydrogens is 286 g/mol. The smallest absolute Gasteiger partial charge is 0.273 e. The van der Waals surface area contributed by atoms with Crippen molar-refractivity contribution in [2.45, 2.75) is 6.04 Å². The van der Waals surface area contributed by atoms with Gasteiger partial charge in [-0.15, -0.1) is 0 Å². The Labute approximate surface area is 116 Å². The van der Waals surface area contributed by atoms with Gasteiger partial charge in [0.1, 0.15) is 0 Å². The molecule has 10 heteroatoms. The molecule has 0 saturated carbocycles. The first kappa shape index (κ1) is 14.9. The van der Waals surface area contributed by atoms with Crippen LogP contribution in [0.3, 0.4) is 0 Å². The zero-order chi connectivity index (χ0) is 14.8. The fraction of sp³-hybridized carbons (Fsp3) is 0.700. The molecule has 0 spiro atoms. The van der Waals surface area contributed by atoms with Crippen LogP contribution in [0.15, 0.2) is 6.20 Å². The van der Waals surface area contributed by atoms with Crippen molar-refractivity contribution in [2.24, 2.45) is 5.92 Å². The van der Waals surface area contributed by atoms with E-state index < -0.39 is 15.9 Å². The number of aromatic amines is 1. The summed E-state index contributed by atoms with van der Waals surface area (Å²) >= 11 is 0. The van der Waals surface area contributed by atoms with E-state index in [-0.39, 0.29) is 30.0 Å². The summed E-state index contributed by atoms with van der Waals surface area (Å²) in [5, 5.41) is 12.3. The zero-order valence-corrected chi connectivity index (χ0v) is 12.1. The second kappa shape index (κ2) is 5.85. The topological polar surface area (TPSA) is 117 Å². The summed E-state index contributed by atoms with van der Waals surface area (Å²) in [6, 6.07) is -0.353. The van der Waals surface area contributed by atoms with Gasteiger partial charge in [0.2, 0.25) is 10.0 Å². The van der Waals surface area contributed by atoms with Crippen LogP contribution < -0.4 is 5.32 Å². The molecule has 20 heavy (non-hydrogen) atoms. The molecule has 1 fully saturated rings. The van der Waals surface area contributed by atoms with E-state index in [1.165, 1.54) is 24.6 Å². The van der Waals surface area contributed by atoms with Crippen LogP contribution in [-0.2, 0) is 14.8 Å². The van der Waals surface area contributed by atoms with Crippen molar-refractivity contribution in [3.8, 4) is 0 Å². The Morgan fingerprint density at radius 1 is 1.55 bits per heavy atom. The van der Waals surface area contributed by atoms with E-state index in [4.69, 9.17) is 4.74 Å². The molecule has 1 aliphatic heterocycles. The monoisotopic (exact) mass is 303 g/mol. The summed E-state index contributed by atoms with van der Waals surface area (Å²) in [7, 11) is -0.376. The van der Waals surface area contributed by atoms with Crippen LogP contribution in [0.25, 0.3) is 0 Å². The van der Waals surface area contributed by atoms with Crippen molar-refractivity contribution in [1.82, 2.24) is 25.0 Å². The normalized spacial score (nSPS) is 23.1. The maximum Gasteiger partial charge on any atom is 0.273 e. The Morgan fingerprint density at radius 3 is 2.90 bits per heavy atom. The SMILES string of the molecule is CN(C)S(=O)(=O)C[C@@H]1COC[C@H]1NC(=O)c1cn[nH]n1. The van der Waals surface area contributed by atoms with E-state index in [9.17, 15) is 13.2 Å². The predicted octanol–water partition coefficient (Wildman–Crippen LogP) is -1.56. The van der Waals surface area contributed by atoms with Gasteiger partial charge in [-0.2, -0.15) is 15.4 Å². The number of nitrogens with zero attached hydrogens (tertiary/aromatic N) is 3. The summed E-state index contributed by atoms with van der Waals surface area (Å²) in [4.78, 5) is 11.9. The van der Waals surface area contributed by atoms with E-state index in [0.29, 0.717) is 6.61 Å². The molecule has 2 heterocycles. The molecule has 1 aromatic rings. The highest BCUT2D eigenvalue weighted by Crippen LogP contribution is 2.17. The molecule has 1 aromatic heterocycles. The average Bonchev–Trinajstić information content (AvgIpc) is 3.00. The van der Waals surface area contributed by atoms with Gasteiger partial charge in [-0.05, 0) is 0 Å². The van der Waals surface area contributed by atoms with E-state index in [1.54, 1.807) is 0 Å². The molecule has 0 bridgehead atoms. The summed E-state index contributed by atoms with van der Waals surface area (Å²) in [5.41, 5.74) is 0.158. The highest BCUT2D eigenvalue weighted by atomic mass is 32.2. The van der Waals surface area contributed by atoms with Crippen LogP contribution in [0.5, 0.6) is 0 Å². The third-order valence-electron chi connectivity index (χ3n) is 3.14. The van der Waals surface area contributed by atoms with Crippen LogP contribution in [0.4, 0.5) is 0 Å². The molecule has 1 saturated heterocycles. The van der Waals surface area contributed by atoms with Gasteiger partial charge >= 0.3 is 0 Å². The number of carbonyl (C=O) groups excluding carboxylic acids is 1. The van der Waals surface area contributed by atoms with Crippen LogP contribution in [0.1, 0.15) is 10.5 Å². The summed E-state index contributed by atoms with van der Waals surface area (Å²) in [6.07, 6.45) is 1.30. The largest absolute Gasteiger partial charge is 0.379 e. The number of nitrogens with one attached hydrogen (secondary N) is 2. The molecule has 2 N–H and O–H groups in total. The minimum Gasteiger partial charge on any atom is -0.379 e. The maximum absolute atomic E-state index is 11.9. The molecule has 1 amide bonds. The maximum atomic E-state index is 11.9. The van der Waals surface area contributed by atoms with Gasteiger partial charge in [-0.25, -0.2) is 12.7 Å². The Bertz CT molecular complexity index is 556. The molecule has 0 aliphatic carbocycles. The number of aromatic nitrogens is 3. The second-order valence-corrected chi connectivity index (χ2v) is 7.02. The van der Waals surface area contributed by atoms with Crippen LogP contribution in [-0.4, -0.2) is 73.1 Å². The molecule has 0 aromatic carbocycles. The minimum atomic E-state index is -3.34. The van der Waals surface area contributed by atoms with E-state index >= 15 is 0 Å². The van der Waals surface area contributed by atoms with E-state index in [2.05, 4.69) is 20.7 Å². The van der Waals surface area contributed by atoms with Gasteiger partial charge in [0.25, 0.3) is 5.91 Å². The molecule has 0 radical (unpaired) electrons.